The second kappa shape index (κ2) is 5.87. The van der Waals surface area contributed by atoms with Crippen LogP contribution in [0.2, 0.25) is 15.3 Å². The minimum Gasteiger partial charge on any atom is -0.339 e. The molecule has 0 saturated carbocycles. The van der Waals surface area contributed by atoms with Gasteiger partial charge in [0.1, 0.15) is 5.82 Å². The second-order valence-electron chi connectivity index (χ2n) is 4.11. The van der Waals surface area contributed by atoms with Gasteiger partial charge in [0.15, 0.2) is 5.69 Å². The number of nitrogens with one attached hydrogen (secondary N) is 1. The summed E-state index contributed by atoms with van der Waals surface area (Å²) in [5, 5.41) is 2.82. The van der Waals surface area contributed by atoms with Crippen molar-refractivity contribution >= 4 is 46.3 Å². The largest absolute Gasteiger partial charge is 0.433 e. The molecule has 1 aromatic carbocycles. The van der Waals surface area contributed by atoms with Crippen molar-refractivity contribution in [3.63, 3.8) is 0 Å². The average Bonchev–Trinajstić information content (AvgIpc) is 2.34. The Morgan fingerprint density at radius 3 is 2.29 bits per heavy atom. The van der Waals surface area contributed by atoms with E-state index in [1.807, 2.05) is 0 Å². The lowest BCUT2D eigenvalue weighted by Crippen LogP contribution is -2.10. The number of benzene rings is 1. The average molecular weight is 357 g/mol. The molecule has 0 unspecified atom stereocenters. The third-order valence-corrected chi connectivity index (χ3v) is 3.39. The monoisotopic (exact) mass is 355 g/mol. The highest BCUT2D eigenvalue weighted by atomic mass is 35.5. The lowest BCUT2D eigenvalue weighted by molar-refractivity contribution is -0.141. The number of hydrogen-bond acceptors (Lipinski definition) is 3. The van der Waals surface area contributed by atoms with Crippen molar-refractivity contribution in [3.8, 4) is 0 Å². The van der Waals surface area contributed by atoms with Gasteiger partial charge in [0.05, 0.1) is 10.7 Å². The molecule has 112 valence electrons. The molecule has 0 aliphatic rings. The summed E-state index contributed by atoms with van der Waals surface area (Å²) in [7, 11) is 0. The molecule has 0 radical (unpaired) electrons. The summed E-state index contributed by atoms with van der Waals surface area (Å²) in [5.74, 6) is -0.135. The fourth-order valence-electron chi connectivity index (χ4n) is 1.51. The van der Waals surface area contributed by atoms with E-state index in [0.29, 0.717) is 15.7 Å². The highest BCUT2D eigenvalue weighted by molar-refractivity contribution is 6.35. The van der Waals surface area contributed by atoms with Gasteiger partial charge in [-0.1, -0.05) is 23.2 Å². The van der Waals surface area contributed by atoms with Gasteiger partial charge in [-0.3, -0.25) is 0 Å². The van der Waals surface area contributed by atoms with E-state index in [1.54, 1.807) is 13.0 Å². The van der Waals surface area contributed by atoms with Crippen LogP contribution in [0.25, 0.3) is 0 Å². The van der Waals surface area contributed by atoms with Crippen molar-refractivity contribution in [3.05, 3.63) is 44.8 Å². The Bertz CT molecular complexity index is 689. The van der Waals surface area contributed by atoms with Crippen LogP contribution in [0.3, 0.4) is 0 Å². The van der Waals surface area contributed by atoms with Crippen molar-refractivity contribution in [2.45, 2.75) is 13.1 Å². The fourth-order valence-corrected chi connectivity index (χ4v) is 2.12. The predicted octanol–water partition coefficient (Wildman–Crippen LogP) is 5.51. The zero-order valence-electron chi connectivity index (χ0n) is 10.4. The molecule has 21 heavy (non-hydrogen) atoms. The summed E-state index contributed by atoms with van der Waals surface area (Å²) in [6.45, 7) is 1.75. The second-order valence-corrected chi connectivity index (χ2v) is 5.26. The van der Waals surface area contributed by atoms with Crippen LogP contribution in [0.5, 0.6) is 0 Å². The van der Waals surface area contributed by atoms with Gasteiger partial charge in [0, 0.05) is 11.1 Å². The number of aromatic nitrogens is 2. The molecular weight excluding hydrogens is 350 g/mol. The number of aryl methyl sites for hydroxylation is 1. The van der Waals surface area contributed by atoms with Crippen LogP contribution in [0, 0.1) is 6.92 Å². The Morgan fingerprint density at radius 2 is 1.67 bits per heavy atom. The van der Waals surface area contributed by atoms with Gasteiger partial charge in [-0.2, -0.15) is 13.2 Å². The normalized spacial score (nSPS) is 11.6. The predicted molar refractivity (Wildman–Crippen MR) is 76.5 cm³/mol. The van der Waals surface area contributed by atoms with E-state index in [-0.39, 0.29) is 5.82 Å². The van der Waals surface area contributed by atoms with Crippen LogP contribution in [-0.4, -0.2) is 9.97 Å². The van der Waals surface area contributed by atoms with E-state index in [2.05, 4.69) is 15.3 Å². The topological polar surface area (TPSA) is 37.8 Å². The zero-order valence-corrected chi connectivity index (χ0v) is 12.7. The summed E-state index contributed by atoms with van der Waals surface area (Å²) in [4.78, 5) is 6.81. The van der Waals surface area contributed by atoms with Gasteiger partial charge in [0.2, 0.25) is 5.28 Å². The van der Waals surface area contributed by atoms with Gasteiger partial charge in [-0.15, -0.1) is 0 Å². The maximum absolute atomic E-state index is 12.7. The van der Waals surface area contributed by atoms with Crippen LogP contribution < -0.4 is 5.32 Å². The SMILES string of the molecule is Cc1cc(Cl)c(Nc2cc(C(F)(F)F)nc(Cl)n2)cc1Cl. The number of alkyl halides is 3. The highest BCUT2D eigenvalue weighted by Gasteiger charge is 2.33. The van der Waals surface area contributed by atoms with Crippen molar-refractivity contribution in [2.24, 2.45) is 0 Å². The molecule has 0 spiro atoms. The maximum atomic E-state index is 12.7. The number of halogens is 6. The molecule has 0 atom stereocenters. The summed E-state index contributed by atoms with van der Waals surface area (Å²) in [6.07, 6.45) is -4.63. The van der Waals surface area contributed by atoms with Crippen LogP contribution >= 0.6 is 34.8 Å². The quantitative estimate of drug-likeness (QED) is 0.721. The highest BCUT2D eigenvalue weighted by Crippen LogP contribution is 2.33. The number of hydrogen-bond donors (Lipinski definition) is 1. The minimum atomic E-state index is -4.63. The van der Waals surface area contributed by atoms with E-state index >= 15 is 0 Å². The van der Waals surface area contributed by atoms with Gasteiger partial charge < -0.3 is 5.32 Å². The van der Waals surface area contributed by atoms with Crippen molar-refractivity contribution < 1.29 is 13.2 Å². The fraction of sp³-hybridized carbons (Fsp3) is 0.167. The summed E-state index contributed by atoms with van der Waals surface area (Å²) >= 11 is 17.4. The molecule has 2 rings (SSSR count). The van der Waals surface area contributed by atoms with Gasteiger partial charge in [-0.25, -0.2) is 9.97 Å². The Hall–Kier alpha value is -1.24. The van der Waals surface area contributed by atoms with Crippen molar-refractivity contribution in [2.75, 3.05) is 5.32 Å². The molecule has 9 heteroatoms. The summed E-state index contributed by atoms with van der Waals surface area (Å²) in [6, 6.07) is 3.80. The Kier molecular flexibility index (Phi) is 4.51. The molecule has 0 fully saturated rings. The number of rotatable bonds is 2. The third kappa shape index (κ3) is 3.90. The molecule has 0 bridgehead atoms. The van der Waals surface area contributed by atoms with Gasteiger partial charge in [0.25, 0.3) is 0 Å². The molecule has 1 N–H and O–H groups in total. The molecule has 1 heterocycles. The Labute approximate surface area is 133 Å². The molecule has 0 saturated heterocycles. The molecule has 2 aromatic rings. The van der Waals surface area contributed by atoms with Crippen LogP contribution in [0.4, 0.5) is 24.7 Å². The molecule has 0 amide bonds. The molecular formula is C12H7Cl3F3N3. The summed E-state index contributed by atoms with van der Waals surface area (Å²) in [5.41, 5.74) is -0.0987. The maximum Gasteiger partial charge on any atom is 0.433 e. The van der Waals surface area contributed by atoms with Crippen molar-refractivity contribution in [1.82, 2.24) is 9.97 Å². The Morgan fingerprint density at radius 1 is 1.00 bits per heavy atom. The Balaban J connectivity index is 2.40. The minimum absolute atomic E-state index is 0.135. The van der Waals surface area contributed by atoms with Crippen LogP contribution in [0.15, 0.2) is 18.2 Å². The lowest BCUT2D eigenvalue weighted by atomic mass is 10.2. The first-order chi connectivity index (χ1) is 9.66. The van der Waals surface area contributed by atoms with Gasteiger partial charge in [-0.05, 0) is 36.2 Å². The zero-order chi connectivity index (χ0) is 15.8. The van der Waals surface area contributed by atoms with E-state index < -0.39 is 17.2 Å². The van der Waals surface area contributed by atoms with E-state index in [9.17, 15) is 13.2 Å². The standard InChI is InChI=1S/C12H7Cl3F3N3/c1-5-2-7(14)8(3-6(5)13)19-10-4-9(12(16,17)18)20-11(15)21-10/h2-4H,1H3,(H,19,20,21). The van der Waals surface area contributed by atoms with Gasteiger partial charge >= 0.3 is 6.18 Å². The number of nitrogens with zero attached hydrogens (tertiary/aromatic N) is 2. The van der Waals surface area contributed by atoms with E-state index in [0.717, 1.165) is 11.6 Å². The molecule has 3 nitrogen and oxygen atoms in total. The van der Waals surface area contributed by atoms with Crippen LogP contribution in [0.1, 0.15) is 11.3 Å². The summed E-state index contributed by atoms with van der Waals surface area (Å²) < 4.78 is 38.0. The van der Waals surface area contributed by atoms with Crippen LogP contribution in [-0.2, 0) is 6.18 Å². The smallest absolute Gasteiger partial charge is 0.339 e. The molecule has 0 aliphatic carbocycles. The molecule has 1 aromatic heterocycles. The first-order valence-corrected chi connectivity index (χ1v) is 6.64. The first-order valence-electron chi connectivity index (χ1n) is 5.51. The van der Waals surface area contributed by atoms with E-state index in [4.69, 9.17) is 34.8 Å². The number of anilines is 2. The first kappa shape index (κ1) is 16.1. The third-order valence-electron chi connectivity index (χ3n) is 2.50. The van der Waals surface area contributed by atoms with E-state index in [1.165, 1.54) is 6.07 Å². The van der Waals surface area contributed by atoms with Crippen molar-refractivity contribution in [1.29, 1.82) is 0 Å². The molecule has 0 aliphatic heterocycles. The lowest BCUT2D eigenvalue weighted by Gasteiger charge is -2.12.